The molecular weight excluding hydrogens is 474 g/mol. The predicted molar refractivity (Wildman–Crippen MR) is 135 cm³/mol. The highest BCUT2D eigenvalue weighted by Gasteiger charge is 2.54. The van der Waals surface area contributed by atoms with Crippen molar-refractivity contribution in [2.75, 3.05) is 6.61 Å². The fraction of sp³-hybridized carbons (Fsp3) is 0.571. The second kappa shape index (κ2) is 11.9. The Morgan fingerprint density at radius 3 is 2.08 bits per heavy atom. The van der Waals surface area contributed by atoms with Crippen molar-refractivity contribution in [3.8, 4) is 0 Å². The molecule has 2 bridgehead atoms. The van der Waals surface area contributed by atoms with E-state index in [2.05, 4.69) is 36.0 Å². The van der Waals surface area contributed by atoms with Gasteiger partial charge in [-0.25, -0.2) is 0 Å². The van der Waals surface area contributed by atoms with Crippen molar-refractivity contribution in [1.29, 1.82) is 0 Å². The minimum Gasteiger partial charge on any atom is -0.373 e. The van der Waals surface area contributed by atoms with Crippen LogP contribution in [0.5, 0.6) is 0 Å². The van der Waals surface area contributed by atoms with E-state index in [1.165, 1.54) is 0 Å². The van der Waals surface area contributed by atoms with Gasteiger partial charge in [0.2, 0.25) is 0 Å². The molecule has 3 heterocycles. The number of hydrogen-bond acceptors (Lipinski definition) is 7. The number of benzene rings is 2. The molecule has 0 N–H and O–H groups in total. The van der Waals surface area contributed by atoms with Crippen LogP contribution >= 0.6 is 0 Å². The molecule has 3 fully saturated rings. The van der Waals surface area contributed by atoms with Crippen molar-refractivity contribution in [2.24, 2.45) is 17.0 Å². The summed E-state index contributed by atoms with van der Waals surface area (Å²) in [5.41, 5.74) is 11.4. The number of rotatable bonds is 9. The van der Waals surface area contributed by atoms with Gasteiger partial charge in [0.25, 0.3) is 0 Å². The molecule has 9 heteroatoms. The summed E-state index contributed by atoms with van der Waals surface area (Å²) >= 11 is 0. The third-order valence-corrected chi connectivity index (χ3v) is 7.64. The van der Waals surface area contributed by atoms with Gasteiger partial charge in [0.05, 0.1) is 32.0 Å². The van der Waals surface area contributed by atoms with Crippen LogP contribution in [0, 0.1) is 11.8 Å². The Morgan fingerprint density at radius 1 is 0.838 bits per heavy atom. The van der Waals surface area contributed by atoms with Crippen molar-refractivity contribution in [3.05, 3.63) is 82.2 Å². The molecule has 0 saturated carbocycles. The summed E-state index contributed by atoms with van der Waals surface area (Å²) in [7, 11) is 0. The molecular formula is C28H35N3O6. The highest BCUT2D eigenvalue weighted by molar-refractivity contribution is 5.14. The van der Waals surface area contributed by atoms with E-state index in [-0.39, 0.29) is 30.1 Å². The summed E-state index contributed by atoms with van der Waals surface area (Å²) in [5.74, 6) is 0.129. The van der Waals surface area contributed by atoms with Crippen LogP contribution in [0.25, 0.3) is 10.4 Å². The van der Waals surface area contributed by atoms with Gasteiger partial charge in [-0.2, -0.15) is 0 Å². The van der Waals surface area contributed by atoms with Gasteiger partial charge < -0.3 is 28.4 Å². The first-order valence-electron chi connectivity index (χ1n) is 13.0. The lowest BCUT2D eigenvalue weighted by molar-refractivity contribution is -0.312. The second-order valence-electron chi connectivity index (χ2n) is 10.1. The summed E-state index contributed by atoms with van der Waals surface area (Å²) in [6.07, 6.45) is -2.81. The lowest BCUT2D eigenvalue weighted by Gasteiger charge is -2.46. The number of hydrogen-bond donors (Lipinski definition) is 0. The zero-order valence-corrected chi connectivity index (χ0v) is 21.5. The van der Waals surface area contributed by atoms with E-state index in [1.807, 2.05) is 55.5 Å². The van der Waals surface area contributed by atoms with Gasteiger partial charge in [0.15, 0.2) is 12.6 Å². The molecule has 3 aliphatic heterocycles. The summed E-state index contributed by atoms with van der Waals surface area (Å²) in [5, 5.41) is 3.98. The van der Waals surface area contributed by atoms with Gasteiger partial charge >= 0.3 is 0 Å². The Kier molecular flexibility index (Phi) is 8.42. The van der Waals surface area contributed by atoms with Crippen LogP contribution in [0.1, 0.15) is 31.9 Å². The van der Waals surface area contributed by atoms with Gasteiger partial charge in [-0.1, -0.05) is 79.6 Å². The molecule has 3 saturated heterocycles. The molecule has 5 rings (SSSR count). The smallest absolute Gasteiger partial charge is 0.169 e. The van der Waals surface area contributed by atoms with Gasteiger partial charge in [-0.15, -0.1) is 0 Å². The average Bonchev–Trinajstić information content (AvgIpc) is 3.36. The molecule has 4 unspecified atom stereocenters. The standard InChI is InChI=1S/C28H35N3O6/c1-17-19(3)35-27(18(2)24(17)32-14-20-10-6-4-7-11-20)37-25-22-16-34-28(36-22)23(30-31-29)26(25)33-15-21-12-8-5-9-13-21/h4-13,17-19,22-28H,14-16H2,1-3H3/t17-,18?,19?,22-,23?,24+,25+,26?,27-,28+/m0/s1. The second-order valence-corrected chi connectivity index (χ2v) is 10.1. The Bertz CT molecular complexity index is 1050. The van der Waals surface area contributed by atoms with Crippen LogP contribution in [0.2, 0.25) is 0 Å². The zero-order chi connectivity index (χ0) is 25.8. The first kappa shape index (κ1) is 26.1. The van der Waals surface area contributed by atoms with Gasteiger partial charge in [-0.05, 0) is 23.6 Å². The quantitative estimate of drug-likeness (QED) is 0.268. The molecule has 2 aromatic carbocycles. The Hall–Kier alpha value is -2.49. The van der Waals surface area contributed by atoms with Crippen LogP contribution in [-0.4, -0.2) is 55.7 Å². The van der Waals surface area contributed by atoms with Crippen LogP contribution in [0.3, 0.4) is 0 Å². The minimum atomic E-state index is -0.683. The topological polar surface area (TPSA) is 104 Å². The largest absolute Gasteiger partial charge is 0.373 e. The maximum Gasteiger partial charge on any atom is 0.169 e. The molecule has 0 spiro atoms. The molecule has 10 atom stereocenters. The van der Waals surface area contributed by atoms with Crippen molar-refractivity contribution < 1.29 is 28.4 Å². The highest BCUT2D eigenvalue weighted by atomic mass is 16.8. The summed E-state index contributed by atoms with van der Waals surface area (Å²) < 4.78 is 37.6. The molecule has 0 aliphatic carbocycles. The lowest BCUT2D eigenvalue weighted by Crippen LogP contribution is -2.59. The number of azide groups is 1. The SMILES string of the molecule is CC1O[C@@H](O[C@H]2C(OCc3ccccc3)C(N=[N+]=[N-])[C@@H]3OC[C@@H]2O3)C(C)[C@H](OCc2ccccc2)[C@H]1C. The van der Waals surface area contributed by atoms with E-state index in [0.29, 0.717) is 19.8 Å². The van der Waals surface area contributed by atoms with E-state index < -0.39 is 30.8 Å². The molecule has 0 radical (unpaired) electrons. The number of ether oxygens (including phenoxy) is 6. The number of fused-ring (bicyclic) bond motifs is 2. The first-order valence-corrected chi connectivity index (χ1v) is 13.0. The van der Waals surface area contributed by atoms with Crippen molar-refractivity contribution in [1.82, 2.24) is 0 Å². The van der Waals surface area contributed by atoms with E-state index in [0.717, 1.165) is 11.1 Å². The monoisotopic (exact) mass is 509 g/mol. The molecule has 37 heavy (non-hydrogen) atoms. The molecule has 0 aromatic heterocycles. The average molecular weight is 510 g/mol. The maximum absolute atomic E-state index is 9.26. The summed E-state index contributed by atoms with van der Waals surface area (Å²) in [6.45, 7) is 7.48. The summed E-state index contributed by atoms with van der Waals surface area (Å²) in [6, 6.07) is 19.3. The number of nitrogens with zero attached hydrogens (tertiary/aromatic N) is 3. The van der Waals surface area contributed by atoms with Gasteiger partial charge in [0, 0.05) is 16.7 Å². The van der Waals surface area contributed by atoms with E-state index in [9.17, 15) is 5.53 Å². The van der Waals surface area contributed by atoms with Gasteiger partial charge in [0.1, 0.15) is 24.4 Å². The predicted octanol–water partition coefficient (Wildman–Crippen LogP) is 4.99. The van der Waals surface area contributed by atoms with Crippen molar-refractivity contribution in [2.45, 2.75) is 83.1 Å². The molecule has 3 aliphatic rings. The zero-order valence-electron chi connectivity index (χ0n) is 21.5. The van der Waals surface area contributed by atoms with Crippen molar-refractivity contribution in [3.63, 3.8) is 0 Å². The Balaban J connectivity index is 1.33. The van der Waals surface area contributed by atoms with E-state index in [1.54, 1.807) is 0 Å². The first-order chi connectivity index (χ1) is 18.0. The van der Waals surface area contributed by atoms with Crippen LogP contribution in [-0.2, 0) is 41.6 Å². The third-order valence-electron chi connectivity index (χ3n) is 7.64. The molecule has 198 valence electrons. The van der Waals surface area contributed by atoms with Crippen LogP contribution in [0.15, 0.2) is 65.8 Å². The Morgan fingerprint density at radius 2 is 1.46 bits per heavy atom. The fourth-order valence-electron chi connectivity index (χ4n) is 5.40. The van der Waals surface area contributed by atoms with E-state index >= 15 is 0 Å². The third kappa shape index (κ3) is 5.84. The van der Waals surface area contributed by atoms with E-state index in [4.69, 9.17) is 28.4 Å². The van der Waals surface area contributed by atoms with Crippen LogP contribution in [0.4, 0.5) is 0 Å². The van der Waals surface area contributed by atoms with Crippen molar-refractivity contribution >= 4 is 0 Å². The summed E-state index contributed by atoms with van der Waals surface area (Å²) in [4.78, 5) is 3.04. The normalized spacial score (nSPS) is 37.2. The molecule has 9 nitrogen and oxygen atoms in total. The lowest BCUT2D eigenvalue weighted by atomic mass is 9.86. The maximum atomic E-state index is 9.26. The van der Waals surface area contributed by atoms with Gasteiger partial charge in [-0.3, -0.25) is 0 Å². The minimum absolute atomic E-state index is 0.0531. The van der Waals surface area contributed by atoms with Crippen LogP contribution < -0.4 is 0 Å². The fourth-order valence-corrected chi connectivity index (χ4v) is 5.40. The highest BCUT2D eigenvalue weighted by Crippen LogP contribution is 2.39. The Labute approximate surface area is 217 Å². The molecule has 0 amide bonds. The molecule has 2 aromatic rings.